The van der Waals surface area contributed by atoms with E-state index in [1.807, 2.05) is 0 Å². The van der Waals surface area contributed by atoms with Gasteiger partial charge in [0.25, 0.3) is 0 Å². The van der Waals surface area contributed by atoms with Gasteiger partial charge in [0.1, 0.15) is 12.4 Å². The number of carbonyl (C=O) groups is 2. The molecule has 0 spiro atoms. The van der Waals surface area contributed by atoms with Crippen molar-refractivity contribution >= 4 is 17.7 Å². The third-order valence-corrected chi connectivity index (χ3v) is 3.16. The van der Waals surface area contributed by atoms with E-state index in [4.69, 9.17) is 4.74 Å². The Hall–Kier alpha value is -2.50. The number of carboxylic acid groups (broad SMARTS) is 1. The number of rotatable bonds is 3. The highest BCUT2D eigenvalue weighted by Crippen LogP contribution is 2.37. The van der Waals surface area contributed by atoms with Crippen LogP contribution in [0.2, 0.25) is 0 Å². The van der Waals surface area contributed by atoms with Crippen molar-refractivity contribution in [2.45, 2.75) is 12.3 Å². The predicted octanol–water partition coefficient (Wildman–Crippen LogP) is 2.09. The summed E-state index contributed by atoms with van der Waals surface area (Å²) < 4.78 is 4.97. The second-order valence-corrected chi connectivity index (χ2v) is 4.44. The Morgan fingerprint density at radius 1 is 1.50 bits per heavy atom. The number of aliphatic carboxylic acids is 1. The second kappa shape index (κ2) is 5.64. The largest absolute Gasteiger partial charge is 0.508 e. The van der Waals surface area contributed by atoms with Crippen LogP contribution >= 0.6 is 0 Å². The van der Waals surface area contributed by atoms with Gasteiger partial charge in [-0.2, -0.15) is 0 Å². The molecule has 1 aliphatic heterocycles. The van der Waals surface area contributed by atoms with E-state index >= 15 is 0 Å². The van der Waals surface area contributed by atoms with Crippen molar-refractivity contribution in [3.8, 4) is 5.75 Å². The number of fused-ring (bicyclic) bond motifs is 1. The minimum absolute atomic E-state index is 0.0312. The van der Waals surface area contributed by atoms with Gasteiger partial charge in [0, 0.05) is 6.54 Å². The number of phenolic OH excluding ortho intramolecular Hbond substituents is 1. The molecule has 0 saturated heterocycles. The van der Waals surface area contributed by atoms with E-state index in [1.54, 1.807) is 0 Å². The summed E-state index contributed by atoms with van der Waals surface area (Å²) in [5.41, 5.74) is 0.870. The van der Waals surface area contributed by atoms with Crippen molar-refractivity contribution in [3.63, 3.8) is 0 Å². The van der Waals surface area contributed by atoms with Crippen LogP contribution in [0.4, 0.5) is 10.5 Å². The number of hydrogen-bond donors (Lipinski definition) is 2. The Bertz CT molecular complexity index is 554. The molecule has 1 aliphatic rings. The number of carbonyl (C=O) groups excluding carboxylic acids is 1. The summed E-state index contributed by atoms with van der Waals surface area (Å²) in [6.45, 7) is 3.81. The maximum atomic E-state index is 11.9. The maximum absolute atomic E-state index is 11.9. The molecule has 1 heterocycles. The number of carboxylic acids is 1. The highest BCUT2D eigenvalue weighted by atomic mass is 16.6. The number of benzene rings is 1. The fourth-order valence-corrected chi connectivity index (χ4v) is 2.26. The lowest BCUT2D eigenvalue weighted by molar-refractivity contribution is -0.139. The lowest BCUT2D eigenvalue weighted by Crippen LogP contribution is -2.38. The first-order chi connectivity index (χ1) is 9.54. The standard InChI is InChI=1S/C14H15NO5/c1-2-7-20-14(19)15-6-5-10(13(17)18)11-8-9(16)3-4-12(11)15/h2-4,8,10,16H,1,5-7H2,(H,17,18). The number of ether oxygens (including phenoxy) is 1. The normalized spacial score (nSPS) is 17.2. The Kier molecular flexibility index (Phi) is 3.93. The Morgan fingerprint density at radius 3 is 2.90 bits per heavy atom. The van der Waals surface area contributed by atoms with Gasteiger partial charge in [-0.15, -0.1) is 0 Å². The molecule has 2 N–H and O–H groups in total. The fraction of sp³-hybridized carbons (Fsp3) is 0.286. The molecular formula is C14H15NO5. The first kappa shape index (κ1) is 13.9. The van der Waals surface area contributed by atoms with Crippen molar-refractivity contribution < 1.29 is 24.5 Å². The molecule has 6 nitrogen and oxygen atoms in total. The van der Waals surface area contributed by atoms with Crippen molar-refractivity contribution in [2.75, 3.05) is 18.1 Å². The zero-order valence-electron chi connectivity index (χ0n) is 10.8. The van der Waals surface area contributed by atoms with Crippen molar-refractivity contribution in [1.29, 1.82) is 0 Å². The Morgan fingerprint density at radius 2 is 2.25 bits per heavy atom. The van der Waals surface area contributed by atoms with E-state index in [2.05, 4.69) is 6.58 Å². The van der Waals surface area contributed by atoms with E-state index in [0.29, 0.717) is 11.3 Å². The van der Waals surface area contributed by atoms with Crippen LogP contribution in [0.25, 0.3) is 0 Å². The summed E-state index contributed by atoms with van der Waals surface area (Å²) in [5.74, 6) is -1.74. The summed E-state index contributed by atoms with van der Waals surface area (Å²) in [4.78, 5) is 24.5. The molecule has 0 bridgehead atoms. The van der Waals surface area contributed by atoms with Gasteiger partial charge in [-0.05, 0) is 30.2 Å². The molecule has 6 heteroatoms. The highest BCUT2D eigenvalue weighted by Gasteiger charge is 2.33. The monoisotopic (exact) mass is 277 g/mol. The molecule has 20 heavy (non-hydrogen) atoms. The number of amides is 1. The van der Waals surface area contributed by atoms with Gasteiger partial charge in [0.15, 0.2) is 0 Å². The van der Waals surface area contributed by atoms with Crippen molar-refractivity contribution in [3.05, 3.63) is 36.4 Å². The molecule has 1 unspecified atom stereocenters. The van der Waals surface area contributed by atoms with Crippen LogP contribution in [0.5, 0.6) is 5.75 Å². The average molecular weight is 277 g/mol. The molecule has 0 saturated carbocycles. The molecule has 0 aromatic heterocycles. The molecule has 1 amide bonds. The highest BCUT2D eigenvalue weighted by molar-refractivity contribution is 5.92. The summed E-state index contributed by atoms with van der Waals surface area (Å²) >= 11 is 0. The van der Waals surface area contributed by atoms with Crippen molar-refractivity contribution in [2.24, 2.45) is 0 Å². The molecule has 2 rings (SSSR count). The quantitative estimate of drug-likeness (QED) is 0.826. The van der Waals surface area contributed by atoms with Gasteiger partial charge in [0.2, 0.25) is 0 Å². The minimum Gasteiger partial charge on any atom is -0.508 e. The van der Waals surface area contributed by atoms with Crippen molar-refractivity contribution in [1.82, 2.24) is 0 Å². The van der Waals surface area contributed by atoms with Crippen LogP contribution in [-0.2, 0) is 9.53 Å². The maximum Gasteiger partial charge on any atom is 0.414 e. The lowest BCUT2D eigenvalue weighted by Gasteiger charge is -2.31. The number of anilines is 1. The molecular weight excluding hydrogens is 262 g/mol. The van der Waals surface area contributed by atoms with Crippen LogP contribution in [0.3, 0.4) is 0 Å². The fourth-order valence-electron chi connectivity index (χ4n) is 2.26. The number of phenols is 1. The smallest absolute Gasteiger partial charge is 0.414 e. The predicted molar refractivity (Wildman–Crippen MR) is 72.0 cm³/mol. The average Bonchev–Trinajstić information content (AvgIpc) is 2.42. The molecule has 1 aromatic carbocycles. The van der Waals surface area contributed by atoms with Gasteiger partial charge < -0.3 is 14.9 Å². The van der Waals surface area contributed by atoms with E-state index in [0.717, 1.165) is 0 Å². The summed E-state index contributed by atoms with van der Waals surface area (Å²) in [5, 5.41) is 18.7. The summed E-state index contributed by atoms with van der Waals surface area (Å²) in [6.07, 6.45) is 1.18. The van der Waals surface area contributed by atoms with E-state index in [1.165, 1.54) is 29.2 Å². The third kappa shape index (κ3) is 2.59. The van der Waals surface area contributed by atoms with Crippen LogP contribution in [0.15, 0.2) is 30.9 Å². The molecule has 106 valence electrons. The molecule has 1 atom stereocenters. The number of aromatic hydroxyl groups is 1. The van der Waals surface area contributed by atoms with E-state index < -0.39 is 18.0 Å². The topological polar surface area (TPSA) is 87.1 Å². The second-order valence-electron chi connectivity index (χ2n) is 4.44. The van der Waals surface area contributed by atoms with E-state index in [-0.39, 0.29) is 25.3 Å². The number of nitrogens with zero attached hydrogens (tertiary/aromatic N) is 1. The first-order valence-corrected chi connectivity index (χ1v) is 6.15. The molecule has 0 radical (unpaired) electrons. The Labute approximate surface area is 115 Å². The first-order valence-electron chi connectivity index (χ1n) is 6.15. The van der Waals surface area contributed by atoms with Gasteiger partial charge in [-0.1, -0.05) is 12.7 Å². The van der Waals surface area contributed by atoms with E-state index in [9.17, 15) is 19.8 Å². The van der Waals surface area contributed by atoms with Crippen LogP contribution in [-0.4, -0.2) is 35.4 Å². The van der Waals surface area contributed by atoms with Crippen LogP contribution < -0.4 is 4.90 Å². The zero-order chi connectivity index (χ0) is 14.7. The molecule has 0 fully saturated rings. The third-order valence-electron chi connectivity index (χ3n) is 3.16. The lowest BCUT2D eigenvalue weighted by atomic mass is 9.90. The minimum atomic E-state index is -0.976. The Balaban J connectivity index is 2.36. The van der Waals surface area contributed by atoms with Gasteiger partial charge >= 0.3 is 12.1 Å². The summed E-state index contributed by atoms with van der Waals surface area (Å²) in [6, 6.07) is 4.31. The van der Waals surface area contributed by atoms with Gasteiger partial charge in [-0.3, -0.25) is 9.69 Å². The SMILES string of the molecule is C=CCOC(=O)N1CCC(C(=O)O)c2cc(O)ccc21. The molecule has 1 aromatic rings. The number of hydrogen-bond acceptors (Lipinski definition) is 4. The van der Waals surface area contributed by atoms with Crippen LogP contribution in [0, 0.1) is 0 Å². The van der Waals surface area contributed by atoms with Gasteiger partial charge in [0.05, 0.1) is 11.6 Å². The van der Waals surface area contributed by atoms with Crippen LogP contribution in [0.1, 0.15) is 17.9 Å². The molecule has 0 aliphatic carbocycles. The summed E-state index contributed by atoms with van der Waals surface area (Å²) in [7, 11) is 0. The van der Waals surface area contributed by atoms with Gasteiger partial charge in [-0.25, -0.2) is 4.79 Å². The zero-order valence-corrected chi connectivity index (χ0v) is 10.8.